The van der Waals surface area contributed by atoms with Crippen LogP contribution in [-0.2, 0) is 12.5 Å². The van der Waals surface area contributed by atoms with Crippen molar-refractivity contribution in [2.75, 3.05) is 0 Å². The predicted octanol–water partition coefficient (Wildman–Crippen LogP) is 7.77. The zero-order valence-corrected chi connectivity index (χ0v) is 23.9. The average molecular weight is 498 g/mol. The van der Waals surface area contributed by atoms with E-state index in [1.807, 2.05) is 0 Å². The van der Waals surface area contributed by atoms with Crippen LogP contribution < -0.4 is 16.2 Å². The average Bonchev–Trinajstić information content (AvgIpc) is 3.26. The van der Waals surface area contributed by atoms with Gasteiger partial charge in [0.15, 0.2) is 5.57 Å². The topological polar surface area (TPSA) is 30.2 Å². The first-order valence-corrected chi connectivity index (χ1v) is 14.7. The summed E-state index contributed by atoms with van der Waals surface area (Å²) in [6.07, 6.45) is 2.20. The van der Waals surface area contributed by atoms with E-state index in [1.165, 1.54) is 21.7 Å². The molecule has 1 heterocycles. The van der Waals surface area contributed by atoms with Crippen molar-refractivity contribution < 1.29 is 0 Å². The maximum Gasteiger partial charge on any atom is 0.157 e. The standard InChI is InChI=1S/C32H40N3P/c1-23(2)27-20-15-21-28(24(3)4)30(27)34-36(25-16-11-9-12-17-25,26-18-13-10-14-19-26)31-33-29(22-35(31)8)32(5,6)7/h9-24H,1-8H3. The van der Waals surface area contributed by atoms with Gasteiger partial charge < -0.3 is 4.57 Å². The summed E-state index contributed by atoms with van der Waals surface area (Å²) in [5.74, 6) is 0.727. The Morgan fingerprint density at radius 2 is 1.19 bits per heavy atom. The number of aromatic nitrogens is 2. The highest BCUT2D eigenvalue weighted by Gasteiger charge is 2.34. The lowest BCUT2D eigenvalue weighted by molar-refractivity contribution is 0.572. The molecule has 0 N–H and O–H groups in total. The second kappa shape index (κ2) is 10.2. The summed E-state index contributed by atoms with van der Waals surface area (Å²) in [7, 11) is -0.388. The minimum absolute atomic E-state index is 0.0576. The highest BCUT2D eigenvalue weighted by Crippen LogP contribution is 2.51. The van der Waals surface area contributed by atoms with Gasteiger partial charge in [-0.05, 0) is 23.0 Å². The van der Waals surface area contributed by atoms with Crippen LogP contribution in [0.15, 0.2) is 89.8 Å². The minimum atomic E-state index is -2.52. The van der Waals surface area contributed by atoms with E-state index in [4.69, 9.17) is 9.73 Å². The fourth-order valence-electron chi connectivity index (χ4n) is 4.72. The molecule has 0 aliphatic carbocycles. The van der Waals surface area contributed by atoms with E-state index >= 15 is 0 Å². The lowest BCUT2D eigenvalue weighted by atomic mass is 9.93. The van der Waals surface area contributed by atoms with Gasteiger partial charge in [0.2, 0.25) is 0 Å². The van der Waals surface area contributed by atoms with Crippen molar-refractivity contribution in [3.8, 4) is 0 Å². The van der Waals surface area contributed by atoms with Crippen molar-refractivity contribution in [1.29, 1.82) is 0 Å². The number of rotatable bonds is 6. The molecule has 0 fully saturated rings. The van der Waals surface area contributed by atoms with Crippen LogP contribution in [0.4, 0.5) is 5.69 Å². The summed E-state index contributed by atoms with van der Waals surface area (Å²) in [5.41, 5.74) is 5.79. The normalized spacial score (nSPS) is 12.4. The van der Waals surface area contributed by atoms with Crippen LogP contribution in [-0.4, -0.2) is 9.55 Å². The molecule has 0 bridgehead atoms. The molecule has 0 spiro atoms. The molecule has 4 heteroatoms. The SMILES string of the molecule is CC(C)c1cccc(C(C)C)c1N=P(c1ccccc1)(c1ccccc1)c1nc(C(C)(C)C)cn1C. The Kier molecular flexibility index (Phi) is 7.43. The molecule has 3 aromatic carbocycles. The van der Waals surface area contributed by atoms with Crippen molar-refractivity contribution in [3.63, 3.8) is 0 Å². The third-order valence-corrected chi connectivity index (χ3v) is 10.3. The number of hydrogen-bond acceptors (Lipinski definition) is 2. The lowest BCUT2D eigenvalue weighted by Crippen LogP contribution is -2.31. The van der Waals surface area contributed by atoms with Crippen LogP contribution in [0, 0.1) is 0 Å². The van der Waals surface area contributed by atoms with E-state index in [0.717, 1.165) is 16.9 Å². The Morgan fingerprint density at radius 3 is 1.58 bits per heavy atom. The van der Waals surface area contributed by atoms with Crippen LogP contribution in [0.1, 0.15) is 77.1 Å². The van der Waals surface area contributed by atoms with Crippen LogP contribution in [0.25, 0.3) is 0 Å². The molecule has 0 aliphatic rings. The van der Waals surface area contributed by atoms with Gasteiger partial charge in [0.05, 0.1) is 18.4 Å². The van der Waals surface area contributed by atoms with Crippen molar-refractivity contribution in [1.82, 2.24) is 9.55 Å². The summed E-state index contributed by atoms with van der Waals surface area (Å²) in [6, 6.07) is 28.3. The number of hydrogen-bond donors (Lipinski definition) is 0. The van der Waals surface area contributed by atoms with Crippen molar-refractivity contribution >= 4 is 28.9 Å². The smallest absolute Gasteiger partial charge is 0.157 e. The largest absolute Gasteiger partial charge is 0.332 e. The molecule has 4 aromatic rings. The van der Waals surface area contributed by atoms with Gasteiger partial charge in [0, 0.05) is 29.3 Å². The van der Waals surface area contributed by atoms with E-state index in [2.05, 4.69) is 145 Å². The van der Waals surface area contributed by atoms with E-state index in [0.29, 0.717) is 11.8 Å². The first-order valence-electron chi connectivity index (χ1n) is 13.0. The van der Waals surface area contributed by atoms with Gasteiger partial charge in [0.1, 0.15) is 0 Å². The van der Waals surface area contributed by atoms with Crippen molar-refractivity contribution in [2.45, 2.75) is 65.7 Å². The Balaban J connectivity index is 2.26. The Labute approximate surface area is 217 Å². The molecule has 1 aromatic heterocycles. The van der Waals surface area contributed by atoms with E-state index < -0.39 is 7.05 Å². The number of aryl methyl sites for hydroxylation is 1. The fourth-order valence-corrected chi connectivity index (χ4v) is 8.31. The van der Waals surface area contributed by atoms with Gasteiger partial charge in [-0.2, -0.15) is 0 Å². The van der Waals surface area contributed by atoms with Crippen molar-refractivity contribution in [3.05, 3.63) is 102 Å². The van der Waals surface area contributed by atoms with Crippen LogP contribution in [0.5, 0.6) is 0 Å². The quantitative estimate of drug-likeness (QED) is 0.250. The summed E-state index contributed by atoms with van der Waals surface area (Å²) >= 11 is 0. The van der Waals surface area contributed by atoms with Crippen LogP contribution >= 0.6 is 7.05 Å². The maximum absolute atomic E-state index is 5.93. The van der Waals surface area contributed by atoms with E-state index in [1.54, 1.807) is 0 Å². The maximum atomic E-state index is 5.93. The Bertz CT molecular complexity index is 1300. The van der Waals surface area contributed by atoms with E-state index in [9.17, 15) is 0 Å². The summed E-state index contributed by atoms with van der Waals surface area (Å²) in [5, 5.41) is 2.44. The van der Waals surface area contributed by atoms with Gasteiger partial charge in [-0.3, -0.25) is 4.74 Å². The molecule has 0 radical (unpaired) electrons. The van der Waals surface area contributed by atoms with Crippen LogP contribution in [0.2, 0.25) is 0 Å². The molecule has 188 valence electrons. The molecule has 0 amide bonds. The third-order valence-electron chi connectivity index (χ3n) is 6.76. The number of imidazole rings is 1. The molecule has 0 aliphatic heterocycles. The molecule has 36 heavy (non-hydrogen) atoms. The zero-order valence-electron chi connectivity index (χ0n) is 23.0. The van der Waals surface area contributed by atoms with Crippen molar-refractivity contribution in [2.24, 2.45) is 11.8 Å². The first kappa shape index (κ1) is 26.2. The summed E-state index contributed by atoms with van der Waals surface area (Å²) in [4.78, 5) is 5.37. The molecule has 4 rings (SSSR count). The van der Waals surface area contributed by atoms with Gasteiger partial charge in [-0.15, -0.1) is 0 Å². The van der Waals surface area contributed by atoms with Gasteiger partial charge in [0.25, 0.3) is 0 Å². The second-order valence-corrected chi connectivity index (χ2v) is 14.2. The second-order valence-electron chi connectivity index (χ2n) is 11.3. The molecule has 0 atom stereocenters. The van der Waals surface area contributed by atoms with Crippen LogP contribution in [0.3, 0.4) is 0 Å². The minimum Gasteiger partial charge on any atom is -0.332 e. The summed E-state index contributed by atoms with van der Waals surface area (Å²) < 4.78 is 8.15. The third kappa shape index (κ3) is 4.87. The van der Waals surface area contributed by atoms with Gasteiger partial charge >= 0.3 is 0 Å². The predicted molar refractivity (Wildman–Crippen MR) is 157 cm³/mol. The van der Waals surface area contributed by atoms with Gasteiger partial charge in [-0.25, -0.2) is 4.98 Å². The Morgan fingerprint density at radius 1 is 0.722 bits per heavy atom. The molecule has 0 saturated carbocycles. The lowest BCUT2D eigenvalue weighted by Gasteiger charge is -2.28. The first-order chi connectivity index (χ1) is 17.1. The molecule has 3 nitrogen and oxygen atoms in total. The molecular weight excluding hydrogens is 457 g/mol. The summed E-state index contributed by atoms with van der Waals surface area (Å²) in [6.45, 7) is 15.7. The van der Waals surface area contributed by atoms with E-state index in [-0.39, 0.29) is 5.41 Å². The Hall–Kier alpha value is -2.90. The molecule has 0 saturated heterocycles. The number of nitrogens with zero attached hydrogens (tertiary/aromatic N) is 3. The van der Waals surface area contributed by atoms with Gasteiger partial charge in [-0.1, -0.05) is 127 Å². The number of benzene rings is 3. The zero-order chi connectivity index (χ0) is 26.1. The molecular formula is C32H40N3P. The molecule has 0 unspecified atom stereocenters. The fraction of sp³-hybridized carbons (Fsp3) is 0.344. The monoisotopic (exact) mass is 497 g/mol. The highest BCUT2D eigenvalue weighted by molar-refractivity contribution is 7.87. The highest BCUT2D eigenvalue weighted by atomic mass is 31.2.